The van der Waals surface area contributed by atoms with E-state index in [4.69, 9.17) is 15.2 Å². The lowest BCUT2D eigenvalue weighted by molar-refractivity contribution is 0.0285. The van der Waals surface area contributed by atoms with Crippen LogP contribution >= 0.6 is 0 Å². The van der Waals surface area contributed by atoms with Crippen LogP contribution in [0.3, 0.4) is 0 Å². The van der Waals surface area contributed by atoms with E-state index in [0.29, 0.717) is 5.92 Å². The first-order valence-corrected chi connectivity index (χ1v) is 7.44. The molecule has 2 rings (SSSR count). The summed E-state index contributed by atoms with van der Waals surface area (Å²) in [5.41, 5.74) is 9.54. The van der Waals surface area contributed by atoms with Crippen molar-refractivity contribution in [3.63, 3.8) is 0 Å². The predicted octanol–water partition coefficient (Wildman–Crippen LogP) is 2.39. The molecule has 112 valence electrons. The molecule has 1 aromatic heterocycles. The van der Waals surface area contributed by atoms with E-state index in [0.717, 1.165) is 35.6 Å². The number of nitrogens with two attached hydrogens (primary N) is 1. The monoisotopic (exact) mass is 278 g/mol. The highest BCUT2D eigenvalue weighted by molar-refractivity contribution is 5.41. The molecule has 20 heavy (non-hydrogen) atoms. The molecule has 0 amide bonds. The van der Waals surface area contributed by atoms with Crippen molar-refractivity contribution in [2.75, 3.05) is 13.7 Å². The summed E-state index contributed by atoms with van der Waals surface area (Å²) < 4.78 is 11.3. The molecule has 1 saturated carbocycles. The molecule has 0 bridgehead atoms. The number of aryl methyl sites for hydroxylation is 1. The predicted molar refractivity (Wildman–Crippen MR) is 80.1 cm³/mol. The molecule has 2 unspecified atom stereocenters. The van der Waals surface area contributed by atoms with Crippen molar-refractivity contribution in [1.29, 1.82) is 0 Å². The van der Waals surface area contributed by atoms with Crippen LogP contribution in [0, 0.1) is 19.8 Å². The highest BCUT2D eigenvalue weighted by Crippen LogP contribution is 2.36. The van der Waals surface area contributed by atoms with Gasteiger partial charge in [0.2, 0.25) is 0 Å². The molecule has 1 fully saturated rings. The van der Waals surface area contributed by atoms with Crippen LogP contribution in [0.15, 0.2) is 6.20 Å². The molecule has 4 heteroatoms. The Kier molecular flexibility index (Phi) is 5.00. The number of nitrogens with zero attached hydrogens (tertiary/aromatic N) is 1. The third-order valence-electron chi connectivity index (χ3n) is 4.05. The fraction of sp³-hybridized carbons (Fsp3) is 0.688. The van der Waals surface area contributed by atoms with E-state index in [1.54, 1.807) is 7.11 Å². The molecular formula is C16H26N2O2. The average molecular weight is 278 g/mol. The van der Waals surface area contributed by atoms with Crippen molar-refractivity contribution in [1.82, 2.24) is 4.98 Å². The van der Waals surface area contributed by atoms with Gasteiger partial charge in [0.25, 0.3) is 0 Å². The zero-order valence-corrected chi connectivity index (χ0v) is 13.0. The Morgan fingerprint density at radius 2 is 2.10 bits per heavy atom. The first-order valence-electron chi connectivity index (χ1n) is 7.44. The van der Waals surface area contributed by atoms with E-state index in [9.17, 15) is 0 Å². The van der Waals surface area contributed by atoms with E-state index in [-0.39, 0.29) is 12.1 Å². The van der Waals surface area contributed by atoms with E-state index >= 15 is 0 Å². The summed E-state index contributed by atoms with van der Waals surface area (Å²) in [4.78, 5) is 4.53. The van der Waals surface area contributed by atoms with E-state index in [1.165, 1.54) is 12.8 Å². The molecule has 1 aliphatic carbocycles. The van der Waals surface area contributed by atoms with Crippen LogP contribution in [0.1, 0.15) is 36.6 Å². The van der Waals surface area contributed by atoms with Gasteiger partial charge in [-0.2, -0.15) is 0 Å². The van der Waals surface area contributed by atoms with Crippen LogP contribution in [0.4, 0.5) is 0 Å². The Hall–Kier alpha value is -1.13. The number of aromatic nitrogens is 1. The maximum absolute atomic E-state index is 6.37. The third-order valence-corrected chi connectivity index (χ3v) is 4.05. The fourth-order valence-corrected chi connectivity index (χ4v) is 2.84. The fourth-order valence-electron chi connectivity index (χ4n) is 2.84. The number of ether oxygens (including phenoxy) is 2. The van der Waals surface area contributed by atoms with Crippen LogP contribution in [-0.4, -0.2) is 30.8 Å². The summed E-state index contributed by atoms with van der Waals surface area (Å²) >= 11 is 0. The lowest BCUT2D eigenvalue weighted by atomic mass is 9.99. The Balaban J connectivity index is 2.12. The van der Waals surface area contributed by atoms with Gasteiger partial charge in [-0.05, 0) is 39.5 Å². The molecule has 1 heterocycles. The van der Waals surface area contributed by atoms with Gasteiger partial charge in [0.1, 0.15) is 5.75 Å². The minimum Gasteiger partial charge on any atom is -0.496 e. The number of methoxy groups -OCH3 is 1. The number of hydrogen-bond acceptors (Lipinski definition) is 4. The highest BCUT2D eigenvalue weighted by Gasteiger charge is 2.36. The first kappa shape index (κ1) is 15.3. The summed E-state index contributed by atoms with van der Waals surface area (Å²) in [5.74, 6) is 1.55. The van der Waals surface area contributed by atoms with Crippen LogP contribution in [0.25, 0.3) is 0 Å². The molecule has 2 atom stereocenters. The second-order valence-corrected chi connectivity index (χ2v) is 5.67. The molecule has 1 aliphatic rings. The minimum atomic E-state index is 0.000984. The highest BCUT2D eigenvalue weighted by atomic mass is 16.5. The molecule has 0 saturated heterocycles. The zero-order valence-electron chi connectivity index (χ0n) is 13.0. The van der Waals surface area contributed by atoms with Crippen molar-refractivity contribution in [3.05, 3.63) is 23.0 Å². The molecule has 0 radical (unpaired) electrons. The van der Waals surface area contributed by atoms with E-state index in [1.807, 2.05) is 27.0 Å². The van der Waals surface area contributed by atoms with Gasteiger partial charge < -0.3 is 15.2 Å². The molecule has 0 spiro atoms. The van der Waals surface area contributed by atoms with Crippen molar-refractivity contribution in [3.8, 4) is 5.75 Å². The molecule has 1 aromatic rings. The van der Waals surface area contributed by atoms with Gasteiger partial charge in [0.05, 0.1) is 13.2 Å². The van der Waals surface area contributed by atoms with Crippen LogP contribution in [-0.2, 0) is 11.2 Å². The van der Waals surface area contributed by atoms with Crippen LogP contribution < -0.4 is 10.5 Å². The molecule has 4 nitrogen and oxygen atoms in total. The summed E-state index contributed by atoms with van der Waals surface area (Å²) in [6.07, 6.45) is 5.24. The summed E-state index contributed by atoms with van der Waals surface area (Å²) in [5, 5.41) is 0. The van der Waals surface area contributed by atoms with Gasteiger partial charge in [-0.3, -0.25) is 4.98 Å². The zero-order chi connectivity index (χ0) is 14.7. The van der Waals surface area contributed by atoms with Crippen molar-refractivity contribution in [2.45, 2.75) is 52.2 Å². The van der Waals surface area contributed by atoms with E-state index in [2.05, 4.69) is 4.98 Å². The lowest BCUT2D eigenvalue weighted by Crippen LogP contribution is -2.40. The number of pyridine rings is 1. The summed E-state index contributed by atoms with van der Waals surface area (Å²) in [7, 11) is 1.70. The van der Waals surface area contributed by atoms with Gasteiger partial charge in [0, 0.05) is 42.1 Å². The molecule has 2 N–H and O–H groups in total. The minimum absolute atomic E-state index is 0.000984. The third kappa shape index (κ3) is 3.30. The molecule has 0 aliphatic heterocycles. The first-order chi connectivity index (χ1) is 9.58. The Bertz CT molecular complexity index is 458. The lowest BCUT2D eigenvalue weighted by Gasteiger charge is -2.24. The Morgan fingerprint density at radius 3 is 2.65 bits per heavy atom. The second kappa shape index (κ2) is 6.55. The van der Waals surface area contributed by atoms with Crippen molar-refractivity contribution in [2.24, 2.45) is 11.7 Å². The van der Waals surface area contributed by atoms with Gasteiger partial charge in [-0.15, -0.1) is 0 Å². The second-order valence-electron chi connectivity index (χ2n) is 5.67. The standard InChI is InChI=1S/C16H26N2O2/c1-5-20-16(12-6-7-12)13(17)8-14-11(3)15(19-4)10(2)9-18-14/h9,12-13,16H,5-8,17H2,1-4H3. The largest absolute Gasteiger partial charge is 0.496 e. The molecule has 0 aromatic carbocycles. The quantitative estimate of drug-likeness (QED) is 0.832. The Morgan fingerprint density at radius 1 is 1.40 bits per heavy atom. The van der Waals surface area contributed by atoms with Crippen molar-refractivity contribution < 1.29 is 9.47 Å². The van der Waals surface area contributed by atoms with Crippen LogP contribution in [0.5, 0.6) is 5.75 Å². The number of hydrogen-bond donors (Lipinski definition) is 1. The van der Waals surface area contributed by atoms with Crippen molar-refractivity contribution >= 4 is 0 Å². The molecular weight excluding hydrogens is 252 g/mol. The smallest absolute Gasteiger partial charge is 0.128 e. The van der Waals surface area contributed by atoms with Gasteiger partial charge in [-0.1, -0.05) is 0 Å². The van der Waals surface area contributed by atoms with Gasteiger partial charge in [0.15, 0.2) is 0 Å². The SMILES string of the molecule is CCOC(C(N)Cc1ncc(C)c(OC)c1C)C1CC1. The summed E-state index contributed by atoms with van der Waals surface area (Å²) in [6.45, 7) is 6.81. The topological polar surface area (TPSA) is 57.4 Å². The maximum Gasteiger partial charge on any atom is 0.128 e. The van der Waals surface area contributed by atoms with Gasteiger partial charge in [-0.25, -0.2) is 0 Å². The summed E-state index contributed by atoms with van der Waals surface area (Å²) in [6, 6.07) is 0.000984. The number of rotatable bonds is 7. The average Bonchev–Trinajstić information content (AvgIpc) is 3.24. The Labute approximate surface area is 121 Å². The van der Waals surface area contributed by atoms with E-state index < -0.39 is 0 Å². The van der Waals surface area contributed by atoms with Crippen LogP contribution in [0.2, 0.25) is 0 Å². The van der Waals surface area contributed by atoms with Gasteiger partial charge >= 0.3 is 0 Å². The maximum atomic E-state index is 6.37. The normalized spacial score (nSPS) is 17.9.